The number of ether oxygens (including phenoxy) is 1. The van der Waals surface area contributed by atoms with Crippen molar-refractivity contribution in [3.05, 3.63) is 109 Å². The van der Waals surface area contributed by atoms with E-state index in [1.807, 2.05) is 60.7 Å². The molecule has 0 saturated heterocycles. The van der Waals surface area contributed by atoms with Crippen LogP contribution in [-0.4, -0.2) is 15.9 Å². The molecule has 2 heterocycles. The highest BCUT2D eigenvalue weighted by Gasteiger charge is 2.08. The summed E-state index contributed by atoms with van der Waals surface area (Å²) < 4.78 is 5.77. The van der Waals surface area contributed by atoms with Gasteiger partial charge < -0.3 is 15.4 Å². The average molecular weight is 396 g/mol. The zero-order chi connectivity index (χ0) is 20.6. The van der Waals surface area contributed by atoms with E-state index in [0.29, 0.717) is 29.4 Å². The molecule has 0 unspecified atom stereocenters. The zero-order valence-electron chi connectivity index (χ0n) is 16.2. The van der Waals surface area contributed by atoms with Crippen molar-refractivity contribution in [2.45, 2.75) is 6.54 Å². The summed E-state index contributed by atoms with van der Waals surface area (Å²) in [5.41, 5.74) is 2.09. The fourth-order valence-electron chi connectivity index (χ4n) is 2.79. The molecular weight excluding hydrogens is 376 g/mol. The van der Waals surface area contributed by atoms with Gasteiger partial charge in [0.2, 0.25) is 0 Å². The number of pyridine rings is 2. The van der Waals surface area contributed by atoms with Crippen LogP contribution in [0.25, 0.3) is 0 Å². The molecule has 30 heavy (non-hydrogen) atoms. The van der Waals surface area contributed by atoms with Crippen LogP contribution >= 0.6 is 0 Å². The smallest absolute Gasteiger partial charge is 0.255 e. The average Bonchev–Trinajstić information content (AvgIpc) is 2.80. The normalized spacial score (nSPS) is 10.3. The van der Waals surface area contributed by atoms with Crippen molar-refractivity contribution in [3.8, 4) is 11.5 Å². The lowest BCUT2D eigenvalue weighted by molar-refractivity contribution is 0.102. The first-order chi connectivity index (χ1) is 14.8. The summed E-state index contributed by atoms with van der Waals surface area (Å²) in [7, 11) is 0. The highest BCUT2D eigenvalue weighted by atomic mass is 16.5. The van der Waals surface area contributed by atoms with Gasteiger partial charge in [-0.2, -0.15) is 0 Å². The molecule has 148 valence electrons. The molecule has 1 amide bonds. The number of rotatable bonds is 7. The summed E-state index contributed by atoms with van der Waals surface area (Å²) >= 11 is 0. The first-order valence-electron chi connectivity index (χ1n) is 9.50. The second kappa shape index (κ2) is 9.34. The minimum Gasteiger partial charge on any atom is -0.457 e. The molecule has 6 nitrogen and oxygen atoms in total. The molecular formula is C24H20N4O2. The number of hydrogen-bond acceptors (Lipinski definition) is 5. The summed E-state index contributed by atoms with van der Waals surface area (Å²) in [5, 5.41) is 6.07. The van der Waals surface area contributed by atoms with Gasteiger partial charge in [-0.05, 0) is 60.7 Å². The van der Waals surface area contributed by atoms with Crippen molar-refractivity contribution in [3.63, 3.8) is 0 Å². The van der Waals surface area contributed by atoms with Crippen LogP contribution in [0.1, 0.15) is 16.1 Å². The number of nitrogens with zero attached hydrogens (tertiary/aromatic N) is 2. The van der Waals surface area contributed by atoms with E-state index < -0.39 is 0 Å². The maximum Gasteiger partial charge on any atom is 0.255 e. The minimum absolute atomic E-state index is 0.213. The molecule has 4 rings (SSSR count). The number of aromatic nitrogens is 2. The summed E-state index contributed by atoms with van der Waals surface area (Å²) in [5.74, 6) is 1.86. The molecule has 2 aromatic carbocycles. The highest BCUT2D eigenvalue weighted by Crippen LogP contribution is 2.23. The number of carbonyl (C=O) groups excluding carboxylic acids is 1. The number of nitrogens with one attached hydrogen (secondary N) is 2. The predicted molar refractivity (Wildman–Crippen MR) is 117 cm³/mol. The third-order valence-electron chi connectivity index (χ3n) is 4.29. The number of carbonyl (C=O) groups is 1. The van der Waals surface area contributed by atoms with E-state index >= 15 is 0 Å². The SMILES string of the molecule is O=C(Nc1ccc(Oc2ccccc2)cc1)c1ccnc(NCc2ccccn2)c1. The van der Waals surface area contributed by atoms with Crippen LogP contribution in [0.4, 0.5) is 11.5 Å². The van der Waals surface area contributed by atoms with Gasteiger partial charge in [-0.25, -0.2) is 4.98 Å². The predicted octanol–water partition coefficient (Wildman–Crippen LogP) is 5.13. The van der Waals surface area contributed by atoms with E-state index in [4.69, 9.17) is 4.74 Å². The van der Waals surface area contributed by atoms with Crippen molar-refractivity contribution in [2.24, 2.45) is 0 Å². The fourth-order valence-corrected chi connectivity index (χ4v) is 2.79. The largest absolute Gasteiger partial charge is 0.457 e. The van der Waals surface area contributed by atoms with Gasteiger partial charge in [0.25, 0.3) is 5.91 Å². The Balaban J connectivity index is 1.36. The topological polar surface area (TPSA) is 76.1 Å². The molecule has 0 spiro atoms. The summed E-state index contributed by atoms with van der Waals surface area (Å²) in [6.45, 7) is 0.530. The molecule has 0 aliphatic carbocycles. The molecule has 0 aliphatic heterocycles. The van der Waals surface area contributed by atoms with Crippen LogP contribution in [0.15, 0.2) is 97.3 Å². The van der Waals surface area contributed by atoms with Crippen molar-refractivity contribution in [2.75, 3.05) is 10.6 Å². The Morgan fingerprint density at radius 3 is 2.33 bits per heavy atom. The third-order valence-corrected chi connectivity index (χ3v) is 4.29. The maximum absolute atomic E-state index is 12.6. The van der Waals surface area contributed by atoms with Crippen molar-refractivity contribution in [1.82, 2.24) is 9.97 Å². The van der Waals surface area contributed by atoms with Gasteiger partial charge in [0.1, 0.15) is 17.3 Å². The Kier molecular flexibility index (Phi) is 5.96. The van der Waals surface area contributed by atoms with E-state index in [1.165, 1.54) is 0 Å². The second-order valence-electron chi connectivity index (χ2n) is 6.50. The monoisotopic (exact) mass is 396 g/mol. The second-order valence-corrected chi connectivity index (χ2v) is 6.50. The molecule has 0 fully saturated rings. The first kappa shape index (κ1) is 19.1. The molecule has 0 atom stereocenters. The Labute approximate surface area is 174 Å². The van der Waals surface area contributed by atoms with Gasteiger partial charge >= 0.3 is 0 Å². The Hall–Kier alpha value is -4.19. The molecule has 6 heteroatoms. The Bertz CT molecular complexity index is 1100. The quantitative estimate of drug-likeness (QED) is 0.453. The van der Waals surface area contributed by atoms with Gasteiger partial charge in [-0.3, -0.25) is 9.78 Å². The van der Waals surface area contributed by atoms with Gasteiger partial charge in [0, 0.05) is 23.6 Å². The molecule has 2 N–H and O–H groups in total. The van der Waals surface area contributed by atoms with Gasteiger partial charge in [0.05, 0.1) is 12.2 Å². The molecule has 0 radical (unpaired) electrons. The Morgan fingerprint density at radius 2 is 1.57 bits per heavy atom. The van der Waals surface area contributed by atoms with E-state index in [0.717, 1.165) is 11.4 Å². The van der Waals surface area contributed by atoms with Crippen LogP contribution in [-0.2, 0) is 6.54 Å². The number of benzene rings is 2. The summed E-state index contributed by atoms with van der Waals surface area (Å²) in [6, 6.07) is 25.9. The zero-order valence-corrected chi connectivity index (χ0v) is 16.2. The van der Waals surface area contributed by atoms with E-state index in [9.17, 15) is 4.79 Å². The van der Waals surface area contributed by atoms with Crippen molar-refractivity contribution < 1.29 is 9.53 Å². The van der Waals surface area contributed by atoms with Crippen LogP contribution in [0, 0.1) is 0 Å². The summed E-state index contributed by atoms with van der Waals surface area (Å²) in [6.07, 6.45) is 3.34. The van der Waals surface area contributed by atoms with E-state index in [2.05, 4.69) is 20.6 Å². The fraction of sp³-hybridized carbons (Fsp3) is 0.0417. The number of amides is 1. The lowest BCUT2D eigenvalue weighted by Crippen LogP contribution is -2.13. The molecule has 0 saturated carbocycles. The van der Waals surface area contributed by atoms with Crippen LogP contribution in [0.5, 0.6) is 11.5 Å². The maximum atomic E-state index is 12.6. The number of hydrogen-bond donors (Lipinski definition) is 2. The number of para-hydroxylation sites is 1. The minimum atomic E-state index is -0.213. The van der Waals surface area contributed by atoms with Crippen LogP contribution < -0.4 is 15.4 Å². The summed E-state index contributed by atoms with van der Waals surface area (Å²) in [4.78, 5) is 21.1. The molecule has 2 aromatic heterocycles. The molecule has 0 aliphatic rings. The van der Waals surface area contributed by atoms with E-state index in [1.54, 1.807) is 36.7 Å². The molecule has 4 aromatic rings. The molecule has 0 bridgehead atoms. The van der Waals surface area contributed by atoms with Gasteiger partial charge in [-0.15, -0.1) is 0 Å². The Morgan fingerprint density at radius 1 is 0.800 bits per heavy atom. The lowest BCUT2D eigenvalue weighted by Gasteiger charge is -2.09. The van der Waals surface area contributed by atoms with Crippen LogP contribution in [0.2, 0.25) is 0 Å². The van der Waals surface area contributed by atoms with Gasteiger partial charge in [0.15, 0.2) is 0 Å². The van der Waals surface area contributed by atoms with E-state index in [-0.39, 0.29) is 5.91 Å². The van der Waals surface area contributed by atoms with Crippen LogP contribution in [0.3, 0.4) is 0 Å². The lowest BCUT2D eigenvalue weighted by atomic mass is 10.2. The first-order valence-corrected chi connectivity index (χ1v) is 9.50. The highest BCUT2D eigenvalue weighted by molar-refractivity contribution is 6.04. The van der Waals surface area contributed by atoms with Crippen molar-refractivity contribution in [1.29, 1.82) is 0 Å². The third kappa shape index (κ3) is 5.20. The van der Waals surface area contributed by atoms with Crippen molar-refractivity contribution >= 4 is 17.4 Å². The van der Waals surface area contributed by atoms with Gasteiger partial charge in [-0.1, -0.05) is 24.3 Å². The standard InChI is InChI=1S/C24H20N4O2/c29-24(18-13-15-26-23(16-18)27-17-20-6-4-5-14-25-20)28-19-9-11-22(12-10-19)30-21-7-2-1-3-8-21/h1-16H,17H2,(H,26,27)(H,28,29). The number of anilines is 2.